The van der Waals surface area contributed by atoms with Gasteiger partial charge in [0, 0.05) is 0 Å². The number of tetrazole rings is 1. The summed E-state index contributed by atoms with van der Waals surface area (Å²) in [4.78, 5) is 14.5. The number of rotatable bonds is 2. The molecule has 2 heterocycles. The van der Waals surface area contributed by atoms with Gasteiger partial charge in [0.05, 0.1) is 24.7 Å². The number of anilines is 1. The molecule has 1 atom stereocenters. The molecule has 2 rings (SSSR count). The minimum atomic E-state index is -4.55. The van der Waals surface area contributed by atoms with Crippen LogP contribution in [0.4, 0.5) is 23.9 Å². The fourth-order valence-corrected chi connectivity index (χ4v) is 2.18. The van der Waals surface area contributed by atoms with E-state index in [1.54, 1.807) is 0 Å². The van der Waals surface area contributed by atoms with Crippen LogP contribution in [0.2, 0.25) is 0 Å². The number of carbonyl (C=O) groups is 1. The van der Waals surface area contributed by atoms with Crippen LogP contribution < -0.4 is 5.32 Å². The van der Waals surface area contributed by atoms with Gasteiger partial charge in [-0.25, -0.2) is 4.79 Å². The van der Waals surface area contributed by atoms with Crippen LogP contribution in [0.25, 0.3) is 0 Å². The van der Waals surface area contributed by atoms with Gasteiger partial charge in [-0.1, -0.05) is 5.10 Å². The summed E-state index contributed by atoms with van der Waals surface area (Å²) in [5, 5.41) is 13.7. The highest BCUT2D eigenvalue weighted by molar-refractivity contribution is 5.87. The van der Waals surface area contributed by atoms with Gasteiger partial charge in [-0.3, -0.25) is 5.32 Å². The molecule has 1 fully saturated rings. The van der Waals surface area contributed by atoms with E-state index in [0.717, 1.165) is 4.90 Å². The summed E-state index contributed by atoms with van der Waals surface area (Å²) in [7, 11) is 0. The Hall–Kier alpha value is -1.91. The molecule has 0 bridgehead atoms. The van der Waals surface area contributed by atoms with E-state index in [4.69, 9.17) is 4.74 Å². The fraction of sp³-hybridized carbons (Fsp3) is 0.833. The Morgan fingerprint density at radius 3 is 2.61 bits per heavy atom. The molecule has 8 nitrogen and oxygen atoms in total. The van der Waals surface area contributed by atoms with E-state index in [0.29, 0.717) is 0 Å². The van der Waals surface area contributed by atoms with Crippen LogP contribution in [0.15, 0.2) is 0 Å². The monoisotopic (exact) mass is 336 g/mol. The van der Waals surface area contributed by atoms with Crippen LogP contribution >= 0.6 is 0 Å². The quantitative estimate of drug-likeness (QED) is 0.890. The number of aromatic nitrogens is 4. The Balaban J connectivity index is 2.08. The summed E-state index contributed by atoms with van der Waals surface area (Å²) < 4.78 is 43.8. The van der Waals surface area contributed by atoms with Crippen LogP contribution in [-0.4, -0.2) is 62.1 Å². The number of morpholine rings is 1. The summed E-state index contributed by atoms with van der Waals surface area (Å²) in [6, 6.07) is -0.774. The number of alkyl halides is 3. The van der Waals surface area contributed by atoms with Gasteiger partial charge < -0.3 is 9.64 Å². The first kappa shape index (κ1) is 17.4. The Labute approximate surface area is 131 Å². The molecule has 11 heteroatoms. The maximum atomic E-state index is 12.9. The van der Waals surface area contributed by atoms with Crippen molar-refractivity contribution in [3.8, 4) is 0 Å². The lowest BCUT2D eigenvalue weighted by atomic mass is 10.1. The number of hydrogen-bond acceptors (Lipinski definition) is 5. The lowest BCUT2D eigenvalue weighted by Gasteiger charge is -2.42. The summed E-state index contributed by atoms with van der Waals surface area (Å²) >= 11 is 0. The Morgan fingerprint density at radius 1 is 1.43 bits per heavy atom. The molecule has 1 aliphatic rings. The summed E-state index contributed by atoms with van der Waals surface area (Å²) in [6.07, 6.45) is -6.58. The topological polar surface area (TPSA) is 85.2 Å². The molecule has 0 radical (unpaired) electrons. The minimum absolute atomic E-state index is 0.0176. The number of halogens is 3. The van der Waals surface area contributed by atoms with Gasteiger partial charge in [0.15, 0.2) is 6.10 Å². The second-order valence-corrected chi connectivity index (χ2v) is 6.25. The molecule has 23 heavy (non-hydrogen) atoms. The van der Waals surface area contributed by atoms with Gasteiger partial charge in [0.1, 0.15) is 0 Å². The normalized spacial score (nSPS) is 21.6. The first-order valence-electron chi connectivity index (χ1n) is 7.08. The van der Waals surface area contributed by atoms with Crippen LogP contribution in [0, 0.1) is 0 Å². The third-order valence-corrected chi connectivity index (χ3v) is 3.18. The molecule has 1 aliphatic heterocycles. The summed E-state index contributed by atoms with van der Waals surface area (Å²) in [5.41, 5.74) is -1.11. The van der Waals surface area contributed by atoms with Crippen molar-refractivity contribution in [1.29, 1.82) is 0 Å². The molecule has 1 aromatic rings. The highest BCUT2D eigenvalue weighted by Crippen LogP contribution is 2.31. The van der Waals surface area contributed by atoms with Gasteiger partial charge in [-0.2, -0.15) is 18.0 Å². The van der Waals surface area contributed by atoms with E-state index in [9.17, 15) is 18.0 Å². The van der Waals surface area contributed by atoms with Gasteiger partial charge in [-0.15, -0.1) is 5.10 Å². The van der Waals surface area contributed by atoms with Crippen LogP contribution in [0.1, 0.15) is 33.7 Å². The van der Waals surface area contributed by atoms with Crippen molar-refractivity contribution in [2.75, 3.05) is 18.4 Å². The molecule has 1 N–H and O–H groups in total. The molecular weight excluding hydrogens is 317 g/mol. The van der Waals surface area contributed by atoms with E-state index in [1.807, 2.05) is 13.8 Å². The molecule has 1 saturated heterocycles. The lowest BCUT2D eigenvalue weighted by Crippen LogP contribution is -2.59. The first-order valence-corrected chi connectivity index (χ1v) is 7.08. The highest BCUT2D eigenvalue weighted by atomic mass is 19.4. The van der Waals surface area contributed by atoms with Gasteiger partial charge in [0.25, 0.3) is 5.95 Å². The van der Waals surface area contributed by atoms with E-state index in [-0.39, 0.29) is 18.5 Å². The van der Waals surface area contributed by atoms with Crippen molar-refractivity contribution in [2.45, 2.75) is 51.6 Å². The van der Waals surface area contributed by atoms with Crippen LogP contribution in [-0.2, 0) is 4.74 Å². The average Bonchev–Trinajstić information content (AvgIpc) is 2.84. The maximum absolute atomic E-state index is 12.9. The second-order valence-electron chi connectivity index (χ2n) is 6.25. The molecule has 0 spiro atoms. The molecule has 2 amide bonds. The predicted molar refractivity (Wildman–Crippen MR) is 73.8 cm³/mol. The maximum Gasteiger partial charge on any atom is 0.416 e. The molecular formula is C12H19F3N6O2. The molecule has 0 aromatic carbocycles. The van der Waals surface area contributed by atoms with Crippen LogP contribution in [0.5, 0.6) is 0 Å². The molecule has 1 aromatic heterocycles. The zero-order chi connectivity index (χ0) is 17.4. The van der Waals surface area contributed by atoms with Crippen molar-refractivity contribution in [3.05, 3.63) is 0 Å². The van der Waals surface area contributed by atoms with Crippen molar-refractivity contribution >= 4 is 12.0 Å². The molecule has 0 saturated carbocycles. The van der Waals surface area contributed by atoms with E-state index >= 15 is 0 Å². The van der Waals surface area contributed by atoms with Crippen molar-refractivity contribution < 1.29 is 22.7 Å². The van der Waals surface area contributed by atoms with Gasteiger partial charge >= 0.3 is 12.2 Å². The summed E-state index contributed by atoms with van der Waals surface area (Å²) in [5.74, 6) is -0.0587. The van der Waals surface area contributed by atoms with Gasteiger partial charge in [0.2, 0.25) is 0 Å². The number of hydrogen-bond donors (Lipinski definition) is 1. The third kappa shape index (κ3) is 4.30. The van der Waals surface area contributed by atoms with E-state index < -0.39 is 30.5 Å². The fourth-order valence-electron chi connectivity index (χ4n) is 2.18. The Kier molecular flexibility index (Phi) is 4.51. The van der Waals surface area contributed by atoms with E-state index in [2.05, 4.69) is 20.7 Å². The predicted octanol–water partition coefficient (Wildman–Crippen LogP) is 1.83. The number of carbonyl (C=O) groups excluding carboxylic acids is 1. The molecule has 130 valence electrons. The first-order chi connectivity index (χ1) is 10.5. The van der Waals surface area contributed by atoms with Crippen molar-refractivity contribution in [1.82, 2.24) is 25.1 Å². The zero-order valence-electron chi connectivity index (χ0n) is 13.3. The standard InChI is InChI=1S/C12H19F3N6O2/c1-7(2)21-18-9(17-19-21)16-10(22)20-5-8(12(13,14)15)23-11(3,4)6-20/h7-8H,5-6H2,1-4H3,(H,16,18,22). The van der Waals surface area contributed by atoms with Crippen molar-refractivity contribution in [2.24, 2.45) is 0 Å². The number of urea groups is 1. The zero-order valence-corrected chi connectivity index (χ0v) is 13.3. The smallest absolute Gasteiger partial charge is 0.359 e. The minimum Gasteiger partial charge on any atom is -0.359 e. The number of nitrogens with one attached hydrogen (secondary N) is 1. The molecule has 0 aliphatic carbocycles. The number of amides is 2. The van der Waals surface area contributed by atoms with Crippen LogP contribution in [0.3, 0.4) is 0 Å². The average molecular weight is 336 g/mol. The van der Waals surface area contributed by atoms with Gasteiger partial charge in [-0.05, 0) is 32.9 Å². The van der Waals surface area contributed by atoms with Crippen molar-refractivity contribution in [3.63, 3.8) is 0 Å². The third-order valence-electron chi connectivity index (χ3n) is 3.18. The number of ether oxygens (including phenoxy) is 1. The Bertz CT molecular complexity index is 571. The summed E-state index contributed by atoms with van der Waals surface area (Å²) in [6.45, 7) is 6.08. The molecule has 1 unspecified atom stereocenters. The second kappa shape index (κ2) is 5.95. The number of nitrogens with zero attached hydrogens (tertiary/aromatic N) is 5. The SMILES string of the molecule is CC(C)n1nnc(NC(=O)N2CC(C(F)(F)F)OC(C)(C)C2)n1. The van der Waals surface area contributed by atoms with E-state index in [1.165, 1.54) is 18.6 Å². The highest BCUT2D eigenvalue weighted by Gasteiger charge is 2.49. The Morgan fingerprint density at radius 2 is 2.09 bits per heavy atom. The largest absolute Gasteiger partial charge is 0.416 e. The lowest BCUT2D eigenvalue weighted by molar-refractivity contribution is -0.267.